The summed E-state index contributed by atoms with van der Waals surface area (Å²) < 4.78 is 0. The first-order valence-corrected chi connectivity index (χ1v) is 5.41. The molecule has 92 valence electrons. The molecule has 0 aliphatic carbocycles. The van der Waals surface area contributed by atoms with Crippen LogP contribution < -0.4 is 5.32 Å². The molecule has 6 heteroatoms. The van der Waals surface area contributed by atoms with Crippen molar-refractivity contribution in [2.24, 2.45) is 0 Å². The van der Waals surface area contributed by atoms with Crippen LogP contribution in [0, 0.1) is 17.0 Å². The lowest BCUT2D eigenvalue weighted by atomic mass is 10.2. The first kappa shape index (κ1) is 12.0. The van der Waals surface area contributed by atoms with Gasteiger partial charge in [0.2, 0.25) is 5.95 Å². The number of aryl methyl sites for hydroxylation is 1. The topological polar surface area (TPSA) is 81.0 Å². The predicted octanol–water partition coefficient (Wildman–Crippen LogP) is 2.31. The summed E-state index contributed by atoms with van der Waals surface area (Å²) in [7, 11) is 0. The quantitative estimate of drug-likeness (QED) is 0.659. The molecule has 1 N–H and O–H groups in total. The Morgan fingerprint density at radius 3 is 2.39 bits per heavy atom. The molecule has 0 saturated heterocycles. The highest BCUT2D eigenvalue weighted by atomic mass is 16.6. The number of rotatable bonds is 4. The molecule has 1 aromatic carbocycles. The summed E-state index contributed by atoms with van der Waals surface area (Å²) in [6, 6.07) is 6.37. The largest absolute Gasteiger partial charge is 0.350 e. The van der Waals surface area contributed by atoms with Gasteiger partial charge in [-0.15, -0.1) is 0 Å². The normalized spacial score (nSPS) is 10.1. The first-order valence-electron chi connectivity index (χ1n) is 5.41. The third-order valence-corrected chi connectivity index (χ3v) is 2.38. The SMILES string of the molecule is Cc1cnc(NCc2ccc([N+](=O)[O-])cc2)nc1. The van der Waals surface area contributed by atoms with E-state index in [-0.39, 0.29) is 5.69 Å². The number of hydrogen-bond acceptors (Lipinski definition) is 5. The van der Waals surface area contributed by atoms with Crippen molar-refractivity contribution in [1.29, 1.82) is 0 Å². The predicted molar refractivity (Wildman–Crippen MR) is 67.2 cm³/mol. The molecule has 18 heavy (non-hydrogen) atoms. The fraction of sp³-hybridized carbons (Fsp3) is 0.167. The second kappa shape index (κ2) is 5.22. The van der Waals surface area contributed by atoms with Gasteiger partial charge in [0.05, 0.1) is 4.92 Å². The Kier molecular flexibility index (Phi) is 3.47. The van der Waals surface area contributed by atoms with E-state index in [1.54, 1.807) is 24.5 Å². The van der Waals surface area contributed by atoms with Crippen molar-refractivity contribution in [3.8, 4) is 0 Å². The number of nitro benzene ring substituents is 1. The van der Waals surface area contributed by atoms with E-state index in [2.05, 4.69) is 15.3 Å². The molecule has 2 rings (SSSR count). The Morgan fingerprint density at radius 2 is 1.83 bits per heavy atom. The third kappa shape index (κ3) is 3.00. The zero-order chi connectivity index (χ0) is 13.0. The summed E-state index contributed by atoms with van der Waals surface area (Å²) >= 11 is 0. The number of nitrogens with one attached hydrogen (secondary N) is 1. The van der Waals surface area contributed by atoms with Gasteiger partial charge in [0.1, 0.15) is 0 Å². The number of anilines is 1. The van der Waals surface area contributed by atoms with Gasteiger partial charge in [0, 0.05) is 31.1 Å². The van der Waals surface area contributed by atoms with E-state index in [9.17, 15) is 10.1 Å². The molecule has 1 heterocycles. The van der Waals surface area contributed by atoms with E-state index in [4.69, 9.17) is 0 Å². The average molecular weight is 244 g/mol. The van der Waals surface area contributed by atoms with Crippen LogP contribution in [-0.4, -0.2) is 14.9 Å². The molecule has 0 spiro atoms. The average Bonchev–Trinajstić information content (AvgIpc) is 2.38. The van der Waals surface area contributed by atoms with E-state index < -0.39 is 4.92 Å². The van der Waals surface area contributed by atoms with Crippen LogP contribution in [0.3, 0.4) is 0 Å². The maximum absolute atomic E-state index is 10.5. The Morgan fingerprint density at radius 1 is 1.22 bits per heavy atom. The minimum atomic E-state index is -0.416. The highest BCUT2D eigenvalue weighted by Crippen LogP contribution is 2.12. The Balaban J connectivity index is 1.97. The molecule has 0 radical (unpaired) electrons. The number of non-ortho nitro benzene ring substituents is 1. The van der Waals surface area contributed by atoms with E-state index in [1.807, 2.05) is 6.92 Å². The maximum Gasteiger partial charge on any atom is 0.269 e. The van der Waals surface area contributed by atoms with Gasteiger partial charge >= 0.3 is 0 Å². The number of nitro groups is 1. The van der Waals surface area contributed by atoms with Crippen molar-refractivity contribution in [3.63, 3.8) is 0 Å². The van der Waals surface area contributed by atoms with Crippen LogP contribution in [0.15, 0.2) is 36.7 Å². The molecule has 0 atom stereocenters. The number of benzene rings is 1. The van der Waals surface area contributed by atoms with Gasteiger partial charge in [-0.25, -0.2) is 9.97 Å². The van der Waals surface area contributed by atoms with Gasteiger partial charge in [0.25, 0.3) is 5.69 Å². The van der Waals surface area contributed by atoms with Crippen LogP contribution in [0.5, 0.6) is 0 Å². The third-order valence-electron chi connectivity index (χ3n) is 2.38. The second-order valence-corrected chi connectivity index (χ2v) is 3.86. The Hall–Kier alpha value is -2.50. The minimum Gasteiger partial charge on any atom is -0.350 e. The molecule has 0 unspecified atom stereocenters. The lowest BCUT2D eigenvalue weighted by Crippen LogP contribution is -2.03. The van der Waals surface area contributed by atoms with E-state index in [1.165, 1.54) is 12.1 Å². The molecule has 0 aliphatic rings. The van der Waals surface area contributed by atoms with Crippen molar-refractivity contribution >= 4 is 11.6 Å². The van der Waals surface area contributed by atoms with Crippen LogP contribution in [0.1, 0.15) is 11.1 Å². The summed E-state index contributed by atoms with van der Waals surface area (Å²) in [5.74, 6) is 0.541. The van der Waals surface area contributed by atoms with Gasteiger partial charge in [0.15, 0.2) is 0 Å². The standard InChI is InChI=1S/C12H12N4O2/c1-9-6-13-12(14-7-9)15-8-10-2-4-11(5-3-10)16(17)18/h2-7H,8H2,1H3,(H,13,14,15). The first-order chi connectivity index (χ1) is 8.65. The number of nitrogens with zero attached hydrogens (tertiary/aromatic N) is 3. The zero-order valence-corrected chi connectivity index (χ0v) is 9.83. The molecule has 0 bridgehead atoms. The van der Waals surface area contributed by atoms with Gasteiger partial charge in [-0.1, -0.05) is 12.1 Å². The summed E-state index contributed by atoms with van der Waals surface area (Å²) in [5, 5.41) is 13.5. The van der Waals surface area contributed by atoms with Crippen molar-refractivity contribution < 1.29 is 4.92 Å². The van der Waals surface area contributed by atoms with Crippen LogP contribution in [-0.2, 0) is 6.54 Å². The fourth-order valence-corrected chi connectivity index (χ4v) is 1.40. The van der Waals surface area contributed by atoms with Crippen LogP contribution in [0.25, 0.3) is 0 Å². The molecule has 0 fully saturated rings. The minimum absolute atomic E-state index is 0.0883. The van der Waals surface area contributed by atoms with Crippen molar-refractivity contribution in [2.75, 3.05) is 5.32 Å². The lowest BCUT2D eigenvalue weighted by molar-refractivity contribution is -0.384. The Bertz CT molecular complexity index is 537. The van der Waals surface area contributed by atoms with Gasteiger partial charge in [-0.2, -0.15) is 0 Å². The number of hydrogen-bond donors (Lipinski definition) is 1. The van der Waals surface area contributed by atoms with E-state index in [0.29, 0.717) is 12.5 Å². The van der Waals surface area contributed by atoms with Gasteiger partial charge < -0.3 is 5.32 Å². The second-order valence-electron chi connectivity index (χ2n) is 3.86. The van der Waals surface area contributed by atoms with Crippen LogP contribution in [0.2, 0.25) is 0 Å². The summed E-state index contributed by atoms with van der Waals surface area (Å²) in [4.78, 5) is 18.3. The molecular formula is C12H12N4O2. The maximum atomic E-state index is 10.5. The van der Waals surface area contributed by atoms with E-state index in [0.717, 1.165) is 11.1 Å². The molecule has 6 nitrogen and oxygen atoms in total. The molecular weight excluding hydrogens is 232 g/mol. The van der Waals surface area contributed by atoms with Gasteiger partial charge in [-0.3, -0.25) is 10.1 Å². The smallest absolute Gasteiger partial charge is 0.269 e. The highest BCUT2D eigenvalue weighted by Gasteiger charge is 2.03. The van der Waals surface area contributed by atoms with Crippen molar-refractivity contribution in [1.82, 2.24) is 9.97 Å². The molecule has 1 aromatic heterocycles. The number of aromatic nitrogens is 2. The van der Waals surface area contributed by atoms with Crippen molar-refractivity contribution in [3.05, 3.63) is 57.9 Å². The molecule has 0 aliphatic heterocycles. The Labute approximate surface area is 104 Å². The molecule has 0 saturated carbocycles. The van der Waals surface area contributed by atoms with Crippen LogP contribution >= 0.6 is 0 Å². The van der Waals surface area contributed by atoms with Crippen molar-refractivity contribution in [2.45, 2.75) is 13.5 Å². The van der Waals surface area contributed by atoms with Crippen LogP contribution in [0.4, 0.5) is 11.6 Å². The summed E-state index contributed by atoms with van der Waals surface area (Å²) in [6.45, 7) is 2.45. The fourth-order valence-electron chi connectivity index (χ4n) is 1.40. The molecule has 0 amide bonds. The summed E-state index contributed by atoms with van der Waals surface area (Å²) in [6.07, 6.45) is 3.45. The monoisotopic (exact) mass is 244 g/mol. The highest BCUT2D eigenvalue weighted by molar-refractivity contribution is 5.35. The van der Waals surface area contributed by atoms with E-state index >= 15 is 0 Å². The lowest BCUT2D eigenvalue weighted by Gasteiger charge is -2.04. The summed E-state index contributed by atoms with van der Waals surface area (Å²) in [5.41, 5.74) is 2.02. The zero-order valence-electron chi connectivity index (χ0n) is 9.83. The van der Waals surface area contributed by atoms with Gasteiger partial charge in [-0.05, 0) is 18.1 Å². The molecule has 2 aromatic rings.